The summed E-state index contributed by atoms with van der Waals surface area (Å²) in [4.78, 5) is 17.1. The van der Waals surface area contributed by atoms with E-state index in [1.54, 1.807) is 41.7 Å². The molecule has 8 heteroatoms. The largest absolute Gasteiger partial charge is 0.332 e. The summed E-state index contributed by atoms with van der Waals surface area (Å²) < 4.78 is 1.98. The Bertz CT molecular complexity index is 1190. The van der Waals surface area contributed by atoms with Gasteiger partial charge in [-0.15, -0.1) is 11.3 Å². The number of hydrogen-bond acceptors (Lipinski definition) is 4. The molecule has 0 bridgehead atoms. The van der Waals surface area contributed by atoms with Crippen molar-refractivity contribution in [2.24, 2.45) is 0 Å². The third-order valence-corrected chi connectivity index (χ3v) is 6.13. The zero-order chi connectivity index (χ0) is 20.4. The lowest BCUT2D eigenvalue weighted by Crippen LogP contribution is -2.34. The van der Waals surface area contributed by atoms with Gasteiger partial charge in [-0.1, -0.05) is 39.7 Å². The summed E-state index contributed by atoms with van der Waals surface area (Å²) in [7, 11) is 0. The highest BCUT2D eigenvalue weighted by molar-refractivity contribution is 9.10. The molecule has 29 heavy (non-hydrogen) atoms. The van der Waals surface area contributed by atoms with Crippen LogP contribution in [0.4, 0.5) is 5.69 Å². The molecule has 0 radical (unpaired) electrons. The molecule has 1 amide bonds. The second-order valence-electron chi connectivity index (χ2n) is 6.09. The summed E-state index contributed by atoms with van der Waals surface area (Å²) in [5.41, 5.74) is 2.97. The number of fused-ring (bicyclic) bond motifs is 1. The topological polar surface area (TPSA) is 54.0 Å². The molecule has 0 unspecified atom stereocenters. The maximum atomic E-state index is 12.4. The number of carbonyl (C=O) groups excluding carboxylic acids is 1. The van der Waals surface area contributed by atoms with Crippen molar-refractivity contribution in [1.29, 1.82) is 0 Å². The number of carbonyl (C=O) groups is 1. The van der Waals surface area contributed by atoms with Crippen molar-refractivity contribution in [1.82, 2.24) is 10.3 Å². The Morgan fingerprint density at radius 1 is 1.07 bits per heavy atom. The first-order valence-electron chi connectivity index (χ1n) is 8.53. The Labute approximate surface area is 190 Å². The fraction of sp³-hybridized carbons (Fsp3) is 0. The van der Waals surface area contributed by atoms with E-state index in [4.69, 9.17) is 28.8 Å². The van der Waals surface area contributed by atoms with Gasteiger partial charge in [-0.3, -0.25) is 10.1 Å². The molecule has 0 atom stereocenters. The van der Waals surface area contributed by atoms with Crippen LogP contribution >= 0.6 is 51.1 Å². The van der Waals surface area contributed by atoms with E-state index < -0.39 is 0 Å². The van der Waals surface area contributed by atoms with Crippen LogP contribution in [0.25, 0.3) is 20.8 Å². The van der Waals surface area contributed by atoms with E-state index in [0.29, 0.717) is 10.6 Å². The molecule has 0 saturated heterocycles. The normalized spacial score (nSPS) is 10.7. The number of anilines is 1. The lowest BCUT2D eigenvalue weighted by molar-refractivity contribution is 0.0977. The standard InChI is InChI=1S/C21H13BrClN3OS2/c22-13-7-5-12(6-8-13)19(27)26-21(28)25-16-10-9-14(23)11-15(16)20-24-17-3-1-2-4-18(17)29-20/h1-11H,(H2,25,26,27,28). The minimum atomic E-state index is -0.287. The summed E-state index contributed by atoms with van der Waals surface area (Å²) >= 11 is 16.5. The van der Waals surface area contributed by atoms with Crippen molar-refractivity contribution in [2.75, 3.05) is 5.32 Å². The van der Waals surface area contributed by atoms with Gasteiger partial charge in [0.2, 0.25) is 0 Å². The third kappa shape index (κ3) is 4.64. The number of nitrogens with one attached hydrogen (secondary N) is 2. The molecule has 0 aliphatic heterocycles. The number of halogens is 2. The molecule has 0 aliphatic carbocycles. The van der Waals surface area contributed by atoms with Crippen LogP contribution in [0.15, 0.2) is 71.2 Å². The highest BCUT2D eigenvalue weighted by Crippen LogP contribution is 2.36. The lowest BCUT2D eigenvalue weighted by Gasteiger charge is -2.13. The predicted octanol–water partition coefficient (Wildman–Crippen LogP) is 6.51. The van der Waals surface area contributed by atoms with Crippen LogP contribution in [-0.2, 0) is 0 Å². The minimum absolute atomic E-state index is 0.197. The summed E-state index contributed by atoms with van der Waals surface area (Å²) in [5, 5.41) is 7.40. The van der Waals surface area contributed by atoms with E-state index in [1.165, 1.54) is 0 Å². The van der Waals surface area contributed by atoms with Gasteiger partial charge < -0.3 is 5.32 Å². The molecule has 4 rings (SSSR count). The Hall–Kier alpha value is -2.32. The number of thiazole rings is 1. The summed E-state index contributed by atoms with van der Waals surface area (Å²) in [6.07, 6.45) is 0. The molecule has 1 heterocycles. The van der Waals surface area contributed by atoms with Crippen molar-refractivity contribution in [2.45, 2.75) is 0 Å². The van der Waals surface area contributed by atoms with Gasteiger partial charge in [0, 0.05) is 20.6 Å². The van der Waals surface area contributed by atoms with Crippen molar-refractivity contribution in [3.05, 3.63) is 81.8 Å². The lowest BCUT2D eigenvalue weighted by atomic mass is 10.2. The van der Waals surface area contributed by atoms with Gasteiger partial charge >= 0.3 is 0 Å². The van der Waals surface area contributed by atoms with Crippen molar-refractivity contribution < 1.29 is 4.79 Å². The number of amides is 1. The van der Waals surface area contributed by atoms with Crippen LogP contribution in [0.2, 0.25) is 5.02 Å². The third-order valence-electron chi connectivity index (χ3n) is 4.09. The second-order valence-corrected chi connectivity index (χ2v) is 8.88. The summed E-state index contributed by atoms with van der Waals surface area (Å²) in [6, 6.07) is 20.4. The number of benzene rings is 3. The molecule has 3 aromatic carbocycles. The SMILES string of the molecule is O=C(NC(=S)Nc1ccc(Cl)cc1-c1nc2ccccc2s1)c1ccc(Br)cc1. The van der Waals surface area contributed by atoms with Crippen molar-refractivity contribution in [3.63, 3.8) is 0 Å². The zero-order valence-corrected chi connectivity index (χ0v) is 18.8. The van der Waals surface area contributed by atoms with Crippen LogP contribution in [0.1, 0.15) is 10.4 Å². The van der Waals surface area contributed by atoms with Crippen molar-refractivity contribution >= 4 is 78.0 Å². The maximum Gasteiger partial charge on any atom is 0.257 e. The van der Waals surface area contributed by atoms with Gasteiger partial charge in [0.05, 0.1) is 15.9 Å². The van der Waals surface area contributed by atoms with Gasteiger partial charge in [0.15, 0.2) is 5.11 Å². The molecule has 2 N–H and O–H groups in total. The first-order chi connectivity index (χ1) is 14.0. The van der Waals surface area contributed by atoms with Crippen LogP contribution in [0.3, 0.4) is 0 Å². The van der Waals surface area contributed by atoms with Gasteiger partial charge in [0.1, 0.15) is 5.01 Å². The average Bonchev–Trinajstić information content (AvgIpc) is 3.14. The number of nitrogens with zero attached hydrogens (tertiary/aromatic N) is 1. The highest BCUT2D eigenvalue weighted by Gasteiger charge is 2.14. The van der Waals surface area contributed by atoms with Crippen LogP contribution in [-0.4, -0.2) is 16.0 Å². The molecule has 4 nitrogen and oxygen atoms in total. The number of aromatic nitrogens is 1. The number of para-hydroxylation sites is 1. The molecular formula is C21H13BrClN3OS2. The van der Waals surface area contributed by atoms with E-state index in [2.05, 4.69) is 26.6 Å². The Morgan fingerprint density at radius 2 is 1.83 bits per heavy atom. The Balaban J connectivity index is 1.58. The minimum Gasteiger partial charge on any atom is -0.332 e. The molecule has 0 spiro atoms. The Morgan fingerprint density at radius 3 is 2.59 bits per heavy atom. The molecule has 0 fully saturated rings. The van der Waals surface area contributed by atoms with Gasteiger partial charge in [-0.05, 0) is 66.8 Å². The molecule has 4 aromatic rings. The van der Waals surface area contributed by atoms with E-state index in [9.17, 15) is 4.79 Å². The van der Waals surface area contributed by atoms with Crippen LogP contribution < -0.4 is 10.6 Å². The van der Waals surface area contributed by atoms with Crippen molar-refractivity contribution in [3.8, 4) is 10.6 Å². The fourth-order valence-corrected chi connectivity index (χ4v) is 4.36. The van der Waals surface area contributed by atoms with Gasteiger partial charge in [-0.25, -0.2) is 4.98 Å². The monoisotopic (exact) mass is 501 g/mol. The van der Waals surface area contributed by atoms with E-state index >= 15 is 0 Å². The van der Waals surface area contributed by atoms with E-state index in [-0.39, 0.29) is 11.0 Å². The van der Waals surface area contributed by atoms with Gasteiger partial charge in [-0.2, -0.15) is 0 Å². The number of thiocarbonyl (C=S) groups is 1. The molecule has 1 aromatic heterocycles. The fourth-order valence-electron chi connectivity index (χ4n) is 2.72. The highest BCUT2D eigenvalue weighted by atomic mass is 79.9. The van der Waals surface area contributed by atoms with Gasteiger partial charge in [0.25, 0.3) is 5.91 Å². The molecular weight excluding hydrogens is 490 g/mol. The summed E-state index contributed by atoms with van der Waals surface area (Å²) in [5.74, 6) is -0.287. The number of rotatable bonds is 3. The van der Waals surface area contributed by atoms with E-state index in [0.717, 1.165) is 30.9 Å². The molecule has 144 valence electrons. The zero-order valence-electron chi connectivity index (χ0n) is 14.8. The van der Waals surface area contributed by atoms with E-state index in [1.807, 2.05) is 36.4 Å². The predicted molar refractivity (Wildman–Crippen MR) is 128 cm³/mol. The van der Waals surface area contributed by atoms with Crippen LogP contribution in [0, 0.1) is 0 Å². The second kappa shape index (κ2) is 8.59. The summed E-state index contributed by atoms with van der Waals surface area (Å²) in [6.45, 7) is 0. The first-order valence-corrected chi connectivity index (χ1v) is 10.9. The maximum absolute atomic E-state index is 12.4. The quantitative estimate of drug-likeness (QED) is 0.314. The number of hydrogen-bond donors (Lipinski definition) is 2. The average molecular weight is 503 g/mol. The first kappa shape index (κ1) is 20.0. The smallest absolute Gasteiger partial charge is 0.257 e. The Kier molecular flexibility index (Phi) is 5.91. The molecule has 0 aliphatic rings. The molecule has 0 saturated carbocycles. The van der Waals surface area contributed by atoms with Crippen LogP contribution in [0.5, 0.6) is 0 Å².